The number of hydrogen-bond donors (Lipinski definition) is 2. The molecule has 2 aromatic heterocycles. The van der Waals surface area contributed by atoms with E-state index in [-0.39, 0.29) is 17.7 Å². The molecule has 27 heavy (non-hydrogen) atoms. The average Bonchev–Trinajstić information content (AvgIpc) is 3.07. The van der Waals surface area contributed by atoms with E-state index in [2.05, 4.69) is 36.3 Å². The molecule has 1 atom stereocenters. The highest BCUT2D eigenvalue weighted by Gasteiger charge is 2.20. The van der Waals surface area contributed by atoms with Gasteiger partial charge < -0.3 is 10.4 Å². The monoisotopic (exact) mass is 366 g/mol. The number of nitrogens with one attached hydrogen (secondary N) is 1. The molecule has 0 aliphatic rings. The summed E-state index contributed by atoms with van der Waals surface area (Å²) in [7, 11) is 0. The Kier molecular flexibility index (Phi) is 4.94. The van der Waals surface area contributed by atoms with Gasteiger partial charge in [0.05, 0.1) is 18.0 Å². The molecule has 7 nitrogen and oxygen atoms in total. The molecule has 7 heteroatoms. The van der Waals surface area contributed by atoms with Crippen molar-refractivity contribution in [1.82, 2.24) is 19.9 Å². The van der Waals surface area contributed by atoms with Crippen molar-refractivity contribution in [3.05, 3.63) is 65.6 Å². The fourth-order valence-corrected chi connectivity index (χ4v) is 2.85. The van der Waals surface area contributed by atoms with E-state index in [0.717, 1.165) is 11.1 Å². The molecule has 1 aromatic carbocycles. The summed E-state index contributed by atoms with van der Waals surface area (Å²) in [6.45, 7) is 6.33. The molecule has 1 unspecified atom stereocenters. The van der Waals surface area contributed by atoms with Crippen LogP contribution in [0.25, 0.3) is 5.65 Å². The van der Waals surface area contributed by atoms with Crippen LogP contribution in [-0.2, 0) is 10.2 Å². The fourth-order valence-electron chi connectivity index (χ4n) is 2.85. The van der Waals surface area contributed by atoms with Crippen molar-refractivity contribution < 1.29 is 14.7 Å². The first kappa shape index (κ1) is 18.6. The van der Waals surface area contributed by atoms with Gasteiger partial charge in [-0.05, 0) is 28.7 Å². The molecule has 0 aliphatic heterocycles. The van der Waals surface area contributed by atoms with Crippen molar-refractivity contribution >= 4 is 17.5 Å². The Hall–Kier alpha value is -3.22. The molecule has 0 spiro atoms. The van der Waals surface area contributed by atoms with Gasteiger partial charge in [0.15, 0.2) is 5.65 Å². The summed E-state index contributed by atoms with van der Waals surface area (Å²) in [6.07, 6.45) is 2.92. The van der Waals surface area contributed by atoms with Gasteiger partial charge in [0, 0.05) is 6.20 Å². The predicted octanol–water partition coefficient (Wildman–Crippen LogP) is 2.97. The van der Waals surface area contributed by atoms with Crippen LogP contribution in [0.15, 0.2) is 48.9 Å². The maximum Gasteiger partial charge on any atom is 0.305 e. The first-order valence-corrected chi connectivity index (χ1v) is 8.66. The summed E-state index contributed by atoms with van der Waals surface area (Å²) in [5.41, 5.74) is 2.93. The summed E-state index contributed by atoms with van der Waals surface area (Å²) in [5, 5.41) is 19.8. The summed E-state index contributed by atoms with van der Waals surface area (Å²) in [6, 6.07) is 10.4. The van der Waals surface area contributed by atoms with Gasteiger partial charge in [0.1, 0.15) is 6.33 Å². The molecule has 3 rings (SSSR count). The third-order valence-corrected chi connectivity index (χ3v) is 4.42. The Labute approximate surface area is 157 Å². The largest absolute Gasteiger partial charge is 0.481 e. The topological polar surface area (TPSA) is 96.6 Å². The van der Waals surface area contributed by atoms with Crippen molar-refractivity contribution in [2.75, 3.05) is 0 Å². The molecule has 0 radical (unpaired) electrons. The Morgan fingerprint density at radius 2 is 1.85 bits per heavy atom. The minimum absolute atomic E-state index is 0.00167. The standard InChI is InChI=1S/C20H22N4O3/c1-20(2,3)15-7-4-13(5-8-15)16(10-18(25)26)22-19(27)14-6-9-17-23-21-12-24(17)11-14/h4-9,11-12,16H,10H2,1-3H3,(H,22,27)(H,25,26). The minimum Gasteiger partial charge on any atom is -0.481 e. The van der Waals surface area contributed by atoms with Crippen LogP contribution in [0.3, 0.4) is 0 Å². The lowest BCUT2D eigenvalue weighted by Crippen LogP contribution is -2.30. The lowest BCUT2D eigenvalue weighted by atomic mass is 9.86. The van der Waals surface area contributed by atoms with Crippen LogP contribution in [0.2, 0.25) is 0 Å². The number of carbonyl (C=O) groups excluding carboxylic acids is 1. The second-order valence-electron chi connectivity index (χ2n) is 7.51. The zero-order valence-corrected chi connectivity index (χ0v) is 15.5. The van der Waals surface area contributed by atoms with Gasteiger partial charge in [-0.25, -0.2) is 0 Å². The average molecular weight is 366 g/mol. The minimum atomic E-state index is -0.977. The van der Waals surface area contributed by atoms with Gasteiger partial charge in [-0.1, -0.05) is 45.0 Å². The first-order valence-electron chi connectivity index (χ1n) is 8.66. The third kappa shape index (κ3) is 4.31. The Morgan fingerprint density at radius 3 is 2.48 bits per heavy atom. The van der Waals surface area contributed by atoms with Crippen LogP contribution in [0, 0.1) is 0 Å². The number of rotatable bonds is 5. The highest BCUT2D eigenvalue weighted by atomic mass is 16.4. The molecule has 1 amide bonds. The number of aromatic nitrogens is 3. The highest BCUT2D eigenvalue weighted by Crippen LogP contribution is 2.25. The number of benzene rings is 1. The maximum atomic E-state index is 12.6. The second kappa shape index (κ2) is 7.19. The smallest absolute Gasteiger partial charge is 0.305 e. The van der Waals surface area contributed by atoms with Crippen LogP contribution < -0.4 is 5.32 Å². The van der Waals surface area contributed by atoms with E-state index in [0.29, 0.717) is 11.2 Å². The van der Waals surface area contributed by atoms with E-state index >= 15 is 0 Å². The van der Waals surface area contributed by atoms with Gasteiger partial charge in [-0.3, -0.25) is 14.0 Å². The lowest BCUT2D eigenvalue weighted by Gasteiger charge is -2.22. The van der Waals surface area contributed by atoms with Crippen LogP contribution in [0.5, 0.6) is 0 Å². The Bertz CT molecular complexity index is 971. The number of nitrogens with zero attached hydrogens (tertiary/aromatic N) is 3. The van der Waals surface area contributed by atoms with Crippen molar-refractivity contribution in [3.8, 4) is 0 Å². The van der Waals surface area contributed by atoms with E-state index in [4.69, 9.17) is 0 Å². The SMILES string of the molecule is CC(C)(C)c1ccc(C(CC(=O)O)NC(=O)c2ccc3nncn3c2)cc1. The van der Waals surface area contributed by atoms with Crippen LogP contribution >= 0.6 is 0 Å². The highest BCUT2D eigenvalue weighted by molar-refractivity contribution is 5.94. The van der Waals surface area contributed by atoms with Crippen molar-refractivity contribution in [1.29, 1.82) is 0 Å². The molecule has 0 saturated heterocycles. The number of hydrogen-bond acceptors (Lipinski definition) is 4. The Morgan fingerprint density at radius 1 is 1.15 bits per heavy atom. The summed E-state index contributed by atoms with van der Waals surface area (Å²) in [4.78, 5) is 23.9. The predicted molar refractivity (Wildman–Crippen MR) is 101 cm³/mol. The molecule has 140 valence electrons. The molecule has 2 N–H and O–H groups in total. The Balaban J connectivity index is 1.83. The third-order valence-electron chi connectivity index (χ3n) is 4.42. The number of carboxylic acid groups (broad SMARTS) is 1. The normalized spacial score (nSPS) is 12.7. The molecule has 0 bridgehead atoms. The van der Waals surface area contributed by atoms with Gasteiger partial charge in [0.25, 0.3) is 5.91 Å². The molecule has 3 aromatic rings. The zero-order chi connectivity index (χ0) is 19.6. The van der Waals surface area contributed by atoms with E-state index < -0.39 is 12.0 Å². The van der Waals surface area contributed by atoms with Crippen molar-refractivity contribution in [3.63, 3.8) is 0 Å². The van der Waals surface area contributed by atoms with Crippen LogP contribution in [-0.4, -0.2) is 31.6 Å². The number of carbonyl (C=O) groups is 2. The van der Waals surface area contributed by atoms with Gasteiger partial charge in [0.2, 0.25) is 0 Å². The molecule has 0 fully saturated rings. The molecular formula is C20H22N4O3. The maximum absolute atomic E-state index is 12.6. The van der Waals surface area contributed by atoms with Gasteiger partial charge in [-0.2, -0.15) is 0 Å². The number of carboxylic acids is 1. The fraction of sp³-hybridized carbons (Fsp3) is 0.300. The van der Waals surface area contributed by atoms with Crippen molar-refractivity contribution in [2.24, 2.45) is 0 Å². The zero-order valence-electron chi connectivity index (χ0n) is 15.5. The summed E-state index contributed by atoms with van der Waals surface area (Å²) < 4.78 is 1.64. The van der Waals surface area contributed by atoms with Gasteiger partial charge in [-0.15, -0.1) is 10.2 Å². The lowest BCUT2D eigenvalue weighted by molar-refractivity contribution is -0.137. The number of aliphatic carboxylic acids is 1. The number of pyridine rings is 1. The van der Waals surface area contributed by atoms with E-state index in [1.54, 1.807) is 22.7 Å². The van der Waals surface area contributed by atoms with Crippen LogP contribution in [0.1, 0.15) is 54.7 Å². The summed E-state index contributed by atoms with van der Waals surface area (Å²) in [5.74, 6) is -1.33. The van der Waals surface area contributed by atoms with Crippen molar-refractivity contribution in [2.45, 2.75) is 38.6 Å². The molecule has 0 saturated carbocycles. The molecule has 2 heterocycles. The van der Waals surface area contributed by atoms with E-state index in [1.165, 1.54) is 6.33 Å². The quantitative estimate of drug-likeness (QED) is 0.724. The number of amides is 1. The summed E-state index contributed by atoms with van der Waals surface area (Å²) >= 11 is 0. The molecular weight excluding hydrogens is 344 g/mol. The van der Waals surface area contributed by atoms with E-state index in [1.807, 2.05) is 24.3 Å². The molecule has 0 aliphatic carbocycles. The van der Waals surface area contributed by atoms with Gasteiger partial charge >= 0.3 is 5.97 Å². The van der Waals surface area contributed by atoms with Crippen LogP contribution in [0.4, 0.5) is 0 Å². The second-order valence-corrected chi connectivity index (χ2v) is 7.51. The number of fused-ring (bicyclic) bond motifs is 1. The van der Waals surface area contributed by atoms with E-state index in [9.17, 15) is 14.7 Å². The first-order chi connectivity index (χ1) is 12.7.